The first-order chi connectivity index (χ1) is 24.7. The van der Waals surface area contributed by atoms with Crippen LogP contribution in [-0.2, 0) is 38.8 Å². The van der Waals surface area contributed by atoms with Crippen molar-refractivity contribution in [1.29, 1.82) is 0 Å². The smallest absolute Gasteiger partial charge is 0.350 e. The largest absolute Gasteiger partial charge is 0.505 e. The van der Waals surface area contributed by atoms with Gasteiger partial charge in [-0.3, -0.25) is 0 Å². The number of unbranched alkanes of at least 4 members (excludes halogenated alkanes) is 2. The van der Waals surface area contributed by atoms with E-state index in [2.05, 4.69) is 50.8 Å². The van der Waals surface area contributed by atoms with Gasteiger partial charge < -0.3 is 14.9 Å². The summed E-state index contributed by atoms with van der Waals surface area (Å²) in [5.74, 6) is 1.04. The molecule has 0 saturated carbocycles. The third-order valence-corrected chi connectivity index (χ3v) is 10.6. The van der Waals surface area contributed by atoms with Crippen LogP contribution in [0.5, 0.6) is 5.75 Å². The van der Waals surface area contributed by atoms with Crippen molar-refractivity contribution < 1.29 is 14.2 Å². The van der Waals surface area contributed by atoms with Crippen LogP contribution in [0.25, 0.3) is 0 Å². The Kier molecular flexibility index (Phi) is 9.28. The number of benzene rings is 2. The van der Waals surface area contributed by atoms with Crippen molar-refractivity contribution in [3.8, 4) is 5.75 Å². The summed E-state index contributed by atoms with van der Waals surface area (Å²) in [4.78, 5) is 16.8. The number of aromatic hydroxyl groups is 1. The van der Waals surface area contributed by atoms with E-state index in [1.54, 1.807) is 0 Å². The van der Waals surface area contributed by atoms with Gasteiger partial charge >= 0.3 is 5.82 Å². The zero-order chi connectivity index (χ0) is 33.9. The number of aryl methyl sites for hydroxylation is 4. The molecular weight excluding hydrogens is 626 g/mol. The molecule has 4 aliphatic rings. The molecule has 6 heterocycles. The van der Waals surface area contributed by atoms with Crippen molar-refractivity contribution in [1.82, 2.24) is 0 Å². The molecule has 50 heavy (non-hydrogen) atoms. The highest BCUT2D eigenvalue weighted by Crippen LogP contribution is 2.47. The Morgan fingerprint density at radius 3 is 2.14 bits per heavy atom. The number of phenolic OH excluding ortho intramolecular Hbond substituents is 1. The van der Waals surface area contributed by atoms with Gasteiger partial charge in [-0.05, 0) is 110 Å². The fourth-order valence-corrected chi connectivity index (χ4v) is 8.33. The van der Waals surface area contributed by atoms with E-state index in [0.717, 1.165) is 133 Å². The number of azo groups is 2. The second kappa shape index (κ2) is 14.4. The molecule has 0 spiro atoms. The van der Waals surface area contributed by atoms with Gasteiger partial charge in [0.2, 0.25) is 0 Å². The molecule has 1 N–H and O–H groups in total. The number of phenols is 1. The lowest BCUT2D eigenvalue weighted by atomic mass is 9.90. The predicted molar refractivity (Wildman–Crippen MR) is 193 cm³/mol. The predicted octanol–water partition coefficient (Wildman–Crippen LogP) is 8.46. The van der Waals surface area contributed by atoms with Crippen molar-refractivity contribution in [3.05, 3.63) is 88.2 Å². The molecule has 4 aliphatic heterocycles. The summed E-state index contributed by atoms with van der Waals surface area (Å²) in [6, 6.07) is 14.0. The maximum Gasteiger partial charge on any atom is 0.350 e. The third-order valence-electron chi connectivity index (χ3n) is 10.6. The quantitative estimate of drug-likeness (QED) is 0.0746. The number of nitrogens with zero attached hydrogens (tertiary/aromatic N) is 9. The van der Waals surface area contributed by atoms with Crippen LogP contribution in [0.3, 0.4) is 0 Å². The summed E-state index contributed by atoms with van der Waals surface area (Å²) in [5.41, 5.74) is 9.43. The van der Waals surface area contributed by atoms with Gasteiger partial charge in [-0.1, -0.05) is 6.07 Å². The van der Waals surface area contributed by atoms with Gasteiger partial charge in [-0.15, -0.1) is 15.1 Å². The van der Waals surface area contributed by atoms with Crippen LogP contribution in [0, 0.1) is 4.91 Å². The Bertz CT molecular complexity index is 1970. The first-order valence-electron chi connectivity index (χ1n) is 18.4. The van der Waals surface area contributed by atoms with E-state index < -0.39 is 0 Å². The topological polar surface area (TPSA) is 113 Å². The van der Waals surface area contributed by atoms with Gasteiger partial charge in [0, 0.05) is 67.2 Å². The minimum absolute atomic E-state index is 0.283. The summed E-state index contributed by atoms with van der Waals surface area (Å²) in [5, 5.41) is 32.7. The maximum atomic E-state index is 12.0. The third kappa shape index (κ3) is 6.48. The standard InChI is InChI=1S/C39H44N9O2/c49-39-32-15-10-24-48-22-7-12-29(38(32)48)26-34(39)42-40-30-13-8-18-45(27-30)17-3-1-4-19-46-20-5-2-16-35(46)43-41-33-25-28-11-6-21-47-23-9-14-31(37(28)47)36(33)44-50/h2,5,8,13,16,18,20,25-27H,1,3-4,6-7,9-12,14-15,17,19,21-24H2/q+1/p+1. The molecule has 8 rings (SSSR count). The lowest BCUT2D eigenvalue weighted by molar-refractivity contribution is -0.697. The zero-order valence-electron chi connectivity index (χ0n) is 28.7. The number of hydrogen-bond donors (Lipinski definition) is 1. The molecule has 0 saturated heterocycles. The van der Waals surface area contributed by atoms with Crippen LogP contribution < -0.4 is 18.9 Å². The second-order valence-electron chi connectivity index (χ2n) is 14.0. The van der Waals surface area contributed by atoms with Gasteiger partial charge in [0.05, 0.1) is 17.9 Å². The average molecular weight is 672 g/mol. The number of rotatable bonds is 11. The van der Waals surface area contributed by atoms with Gasteiger partial charge in [-0.25, -0.2) is 9.13 Å². The normalized spacial score (nSPS) is 16.6. The van der Waals surface area contributed by atoms with Crippen molar-refractivity contribution >= 4 is 39.9 Å². The summed E-state index contributed by atoms with van der Waals surface area (Å²) in [6.07, 6.45) is 17.3. The van der Waals surface area contributed by atoms with Crippen molar-refractivity contribution in [3.63, 3.8) is 0 Å². The molecule has 256 valence electrons. The second-order valence-corrected chi connectivity index (χ2v) is 14.0. The molecule has 2 aromatic carbocycles. The molecular formula is C39H45N9O2+2. The fourth-order valence-electron chi connectivity index (χ4n) is 8.33. The van der Waals surface area contributed by atoms with E-state index >= 15 is 0 Å². The van der Waals surface area contributed by atoms with Crippen molar-refractivity contribution in [2.45, 2.75) is 83.7 Å². The van der Waals surface area contributed by atoms with Crippen molar-refractivity contribution in [2.24, 2.45) is 25.6 Å². The summed E-state index contributed by atoms with van der Waals surface area (Å²) >= 11 is 0. The SMILES string of the molecule is O=Nc1c(N=Nc2cccc[n+]2CCCCC[n+]2cccc(N=Nc3cc4c5c(c3O)CCCN5CCC4)c2)cc2c3c1CCCN3CCC2. The van der Waals surface area contributed by atoms with E-state index in [1.165, 1.54) is 22.5 Å². The molecule has 0 aliphatic carbocycles. The molecule has 11 nitrogen and oxygen atoms in total. The molecule has 0 radical (unpaired) electrons. The van der Waals surface area contributed by atoms with E-state index in [-0.39, 0.29) is 5.75 Å². The van der Waals surface area contributed by atoms with Gasteiger partial charge in [0.1, 0.15) is 35.0 Å². The van der Waals surface area contributed by atoms with E-state index in [9.17, 15) is 10.0 Å². The highest BCUT2D eigenvalue weighted by Gasteiger charge is 2.30. The molecule has 0 fully saturated rings. The van der Waals surface area contributed by atoms with Gasteiger partial charge in [0.15, 0.2) is 12.4 Å². The van der Waals surface area contributed by atoms with E-state index in [4.69, 9.17) is 0 Å². The minimum Gasteiger partial charge on any atom is -0.505 e. The summed E-state index contributed by atoms with van der Waals surface area (Å²) in [6.45, 7) is 5.92. The monoisotopic (exact) mass is 671 g/mol. The fraction of sp³-hybridized carbons (Fsp3) is 0.436. The molecule has 0 amide bonds. The first kappa shape index (κ1) is 32.2. The molecule has 11 heteroatoms. The average Bonchev–Trinajstić information content (AvgIpc) is 3.15. The van der Waals surface area contributed by atoms with Crippen LogP contribution in [0.1, 0.15) is 67.2 Å². The molecule has 4 aromatic rings. The lowest BCUT2D eigenvalue weighted by Gasteiger charge is -2.37. The van der Waals surface area contributed by atoms with Crippen LogP contribution in [0.4, 0.5) is 39.9 Å². The van der Waals surface area contributed by atoms with Crippen LogP contribution in [0.15, 0.2) is 86.7 Å². The zero-order valence-corrected chi connectivity index (χ0v) is 28.7. The Morgan fingerprint density at radius 1 is 0.680 bits per heavy atom. The first-order valence-corrected chi connectivity index (χ1v) is 18.4. The highest BCUT2D eigenvalue weighted by molar-refractivity contribution is 5.79. The lowest BCUT2D eigenvalue weighted by Crippen LogP contribution is -2.34. The number of pyridine rings is 2. The Balaban J connectivity index is 0.881. The van der Waals surface area contributed by atoms with Crippen LogP contribution in [-0.4, -0.2) is 31.3 Å². The Hall–Kier alpha value is -5.06. The Labute approximate surface area is 293 Å². The number of hydrogen-bond acceptors (Lipinski definition) is 9. The maximum absolute atomic E-state index is 12.0. The summed E-state index contributed by atoms with van der Waals surface area (Å²) in [7, 11) is 0. The number of aromatic nitrogens is 2. The highest BCUT2D eigenvalue weighted by atomic mass is 16.3. The summed E-state index contributed by atoms with van der Waals surface area (Å²) < 4.78 is 4.28. The van der Waals surface area contributed by atoms with Crippen molar-refractivity contribution in [2.75, 3.05) is 36.0 Å². The van der Waals surface area contributed by atoms with Crippen LogP contribution >= 0.6 is 0 Å². The molecule has 2 aromatic heterocycles. The van der Waals surface area contributed by atoms with Gasteiger partial charge in [0.25, 0.3) is 0 Å². The van der Waals surface area contributed by atoms with E-state index in [0.29, 0.717) is 17.1 Å². The number of anilines is 2. The number of nitroso groups, excluding NO2 is 1. The van der Waals surface area contributed by atoms with Gasteiger partial charge in [-0.2, -0.15) is 0 Å². The van der Waals surface area contributed by atoms with E-state index in [1.807, 2.05) is 54.9 Å². The molecule has 0 bridgehead atoms. The van der Waals surface area contributed by atoms with Crippen LogP contribution in [0.2, 0.25) is 0 Å². The molecule has 0 unspecified atom stereocenters. The minimum atomic E-state index is 0.283. The molecule has 0 atom stereocenters. The Morgan fingerprint density at radius 2 is 1.36 bits per heavy atom.